The number of nitrogens with zero attached hydrogens (tertiary/aromatic N) is 1. The van der Waals surface area contributed by atoms with Crippen molar-refractivity contribution in [2.45, 2.75) is 6.42 Å². The van der Waals surface area contributed by atoms with Crippen molar-refractivity contribution in [3.05, 3.63) is 69.9 Å². The van der Waals surface area contributed by atoms with Gasteiger partial charge in [0.05, 0.1) is 21.3 Å². The smallest absolute Gasteiger partial charge is 0.230 e. The molecule has 25 heavy (non-hydrogen) atoms. The van der Waals surface area contributed by atoms with E-state index in [4.69, 9.17) is 11.6 Å². The third-order valence-electron chi connectivity index (χ3n) is 3.75. The van der Waals surface area contributed by atoms with Gasteiger partial charge in [-0.2, -0.15) is 0 Å². The number of rotatable bonds is 4. The zero-order valence-electron chi connectivity index (χ0n) is 13.0. The fourth-order valence-corrected chi connectivity index (χ4v) is 4.40. The number of aromatic nitrogens is 1. The largest absolute Gasteiger partial charge is 0.302 e. The Kier molecular flexibility index (Phi) is 4.53. The van der Waals surface area contributed by atoms with Crippen LogP contribution in [0.4, 0.5) is 5.13 Å². The quantitative estimate of drug-likeness (QED) is 0.478. The van der Waals surface area contributed by atoms with E-state index in [0.29, 0.717) is 11.6 Å². The Labute approximate surface area is 157 Å². The number of nitrogens with one attached hydrogen (secondary N) is 1. The summed E-state index contributed by atoms with van der Waals surface area (Å²) in [6.07, 6.45) is 0.324. The molecule has 0 radical (unpaired) electrons. The van der Waals surface area contributed by atoms with Crippen molar-refractivity contribution in [1.82, 2.24) is 4.98 Å². The first-order chi connectivity index (χ1) is 12.2. The summed E-state index contributed by atoms with van der Waals surface area (Å²) in [6, 6.07) is 18.0. The van der Waals surface area contributed by atoms with Gasteiger partial charge in [-0.05, 0) is 28.5 Å². The zero-order chi connectivity index (χ0) is 17.2. The number of hydrogen-bond donors (Lipinski definition) is 1. The average molecular weight is 385 g/mol. The van der Waals surface area contributed by atoms with Gasteiger partial charge in [0.1, 0.15) is 0 Å². The molecular formula is C19H13ClN2OS2. The summed E-state index contributed by atoms with van der Waals surface area (Å²) >= 11 is 8.85. The highest BCUT2D eigenvalue weighted by molar-refractivity contribution is 7.20. The number of thiazole rings is 1. The van der Waals surface area contributed by atoms with Crippen LogP contribution in [-0.2, 0) is 11.2 Å². The number of hydrogen-bond acceptors (Lipinski definition) is 4. The molecule has 2 aromatic carbocycles. The number of anilines is 1. The summed E-state index contributed by atoms with van der Waals surface area (Å²) in [6.45, 7) is 0. The number of thiophene rings is 1. The molecule has 0 aliphatic rings. The van der Waals surface area contributed by atoms with E-state index >= 15 is 0 Å². The van der Waals surface area contributed by atoms with E-state index in [1.165, 1.54) is 28.1 Å². The van der Waals surface area contributed by atoms with Crippen molar-refractivity contribution in [1.29, 1.82) is 0 Å². The SMILES string of the molecule is O=C(Cc1ccc2ccccc2c1)Nc1nc(-c2ccc(Cl)s2)cs1. The maximum absolute atomic E-state index is 12.3. The third kappa shape index (κ3) is 3.74. The molecule has 0 saturated carbocycles. The molecule has 2 aromatic heterocycles. The highest BCUT2D eigenvalue weighted by Gasteiger charge is 2.10. The number of amides is 1. The highest BCUT2D eigenvalue weighted by Crippen LogP contribution is 2.32. The second kappa shape index (κ2) is 6.96. The first-order valence-electron chi connectivity index (χ1n) is 7.66. The number of carbonyl (C=O) groups excluding carboxylic acids is 1. The van der Waals surface area contributed by atoms with Gasteiger partial charge in [0.2, 0.25) is 5.91 Å². The molecule has 1 amide bonds. The normalized spacial score (nSPS) is 10.9. The molecule has 2 heterocycles. The Morgan fingerprint density at radius 1 is 1.08 bits per heavy atom. The van der Waals surface area contributed by atoms with E-state index in [-0.39, 0.29) is 5.91 Å². The van der Waals surface area contributed by atoms with Crippen molar-refractivity contribution in [3.63, 3.8) is 0 Å². The summed E-state index contributed by atoms with van der Waals surface area (Å²) in [4.78, 5) is 17.8. The molecule has 4 rings (SSSR count). The number of fused-ring (bicyclic) bond motifs is 1. The Bertz CT molecular complexity index is 1050. The monoisotopic (exact) mass is 384 g/mol. The van der Waals surface area contributed by atoms with Crippen molar-refractivity contribution in [2.24, 2.45) is 0 Å². The van der Waals surface area contributed by atoms with Crippen LogP contribution in [0.2, 0.25) is 4.34 Å². The average Bonchev–Trinajstić information content (AvgIpc) is 3.23. The van der Waals surface area contributed by atoms with Crippen molar-refractivity contribution < 1.29 is 4.79 Å². The summed E-state index contributed by atoms with van der Waals surface area (Å²) in [5.74, 6) is -0.0691. The molecule has 0 atom stereocenters. The summed E-state index contributed by atoms with van der Waals surface area (Å²) in [7, 11) is 0. The van der Waals surface area contributed by atoms with Gasteiger partial charge in [0.15, 0.2) is 5.13 Å². The predicted molar refractivity (Wildman–Crippen MR) is 107 cm³/mol. The zero-order valence-corrected chi connectivity index (χ0v) is 15.4. The van der Waals surface area contributed by atoms with Gasteiger partial charge in [-0.15, -0.1) is 22.7 Å². The van der Waals surface area contributed by atoms with E-state index in [1.54, 1.807) is 0 Å². The minimum absolute atomic E-state index is 0.0691. The molecule has 0 aliphatic carbocycles. The van der Waals surface area contributed by atoms with Gasteiger partial charge in [-0.3, -0.25) is 4.79 Å². The lowest BCUT2D eigenvalue weighted by Gasteiger charge is -2.04. The van der Waals surface area contributed by atoms with E-state index in [1.807, 2.05) is 41.8 Å². The molecule has 0 aliphatic heterocycles. The molecule has 0 bridgehead atoms. The molecule has 0 spiro atoms. The van der Waals surface area contributed by atoms with Crippen LogP contribution in [0.25, 0.3) is 21.3 Å². The van der Waals surface area contributed by atoms with Crippen LogP contribution in [0.15, 0.2) is 60.0 Å². The van der Waals surface area contributed by atoms with Gasteiger partial charge < -0.3 is 5.32 Å². The first-order valence-corrected chi connectivity index (χ1v) is 9.73. The summed E-state index contributed by atoms with van der Waals surface area (Å²) < 4.78 is 0.727. The van der Waals surface area contributed by atoms with Crippen LogP contribution in [0.3, 0.4) is 0 Å². The Morgan fingerprint density at radius 2 is 1.92 bits per heavy atom. The van der Waals surface area contributed by atoms with E-state index in [0.717, 1.165) is 25.9 Å². The Hall–Kier alpha value is -2.21. The molecule has 4 aromatic rings. The van der Waals surface area contributed by atoms with Gasteiger partial charge >= 0.3 is 0 Å². The van der Waals surface area contributed by atoms with Crippen LogP contribution in [0.5, 0.6) is 0 Å². The first kappa shape index (κ1) is 16.3. The lowest BCUT2D eigenvalue weighted by molar-refractivity contribution is -0.115. The van der Waals surface area contributed by atoms with Gasteiger partial charge in [-0.1, -0.05) is 54.1 Å². The minimum Gasteiger partial charge on any atom is -0.302 e. The van der Waals surface area contributed by atoms with E-state index in [2.05, 4.69) is 28.5 Å². The standard InChI is InChI=1S/C19H13ClN2OS2/c20-17-8-7-16(25-17)15-11-24-19(21-15)22-18(23)10-12-5-6-13-3-1-2-4-14(13)9-12/h1-9,11H,10H2,(H,21,22,23). The predicted octanol–water partition coefficient (Wildman–Crippen LogP) is 5.86. The third-order valence-corrected chi connectivity index (χ3v) is 5.77. The van der Waals surface area contributed by atoms with E-state index in [9.17, 15) is 4.79 Å². The molecular weight excluding hydrogens is 372 g/mol. The molecule has 6 heteroatoms. The maximum Gasteiger partial charge on any atom is 0.230 e. The molecule has 0 unspecified atom stereocenters. The maximum atomic E-state index is 12.3. The van der Waals surface area contributed by atoms with E-state index < -0.39 is 0 Å². The van der Waals surface area contributed by atoms with Crippen LogP contribution >= 0.6 is 34.3 Å². The number of benzene rings is 2. The molecule has 0 saturated heterocycles. The van der Waals surface area contributed by atoms with Gasteiger partial charge in [-0.25, -0.2) is 4.98 Å². The second-order valence-corrected chi connectivity index (χ2v) is 8.12. The fraction of sp³-hybridized carbons (Fsp3) is 0.0526. The summed E-state index contributed by atoms with van der Waals surface area (Å²) in [5, 5.41) is 7.71. The van der Waals surface area contributed by atoms with Crippen LogP contribution in [0, 0.1) is 0 Å². The molecule has 3 nitrogen and oxygen atoms in total. The number of halogens is 1. The Morgan fingerprint density at radius 3 is 2.72 bits per heavy atom. The minimum atomic E-state index is -0.0691. The van der Waals surface area contributed by atoms with Crippen molar-refractivity contribution in [2.75, 3.05) is 5.32 Å². The Balaban J connectivity index is 1.45. The van der Waals surface area contributed by atoms with Crippen LogP contribution in [-0.4, -0.2) is 10.9 Å². The number of carbonyl (C=O) groups is 1. The van der Waals surface area contributed by atoms with Crippen molar-refractivity contribution >= 4 is 56.1 Å². The molecule has 0 fully saturated rings. The highest BCUT2D eigenvalue weighted by atomic mass is 35.5. The van der Waals surface area contributed by atoms with Gasteiger partial charge in [0, 0.05) is 5.38 Å². The van der Waals surface area contributed by atoms with Crippen LogP contribution in [0.1, 0.15) is 5.56 Å². The second-order valence-electron chi connectivity index (χ2n) is 5.55. The fourth-order valence-electron chi connectivity index (χ4n) is 2.59. The van der Waals surface area contributed by atoms with Crippen LogP contribution < -0.4 is 5.32 Å². The lowest BCUT2D eigenvalue weighted by Crippen LogP contribution is -2.14. The molecule has 124 valence electrons. The van der Waals surface area contributed by atoms with Crippen molar-refractivity contribution in [3.8, 4) is 10.6 Å². The lowest BCUT2D eigenvalue weighted by atomic mass is 10.1. The molecule has 1 N–H and O–H groups in total. The summed E-state index contributed by atoms with van der Waals surface area (Å²) in [5.41, 5.74) is 1.82. The van der Waals surface area contributed by atoms with Gasteiger partial charge in [0.25, 0.3) is 0 Å². The topological polar surface area (TPSA) is 42.0 Å².